The normalized spacial score (nSPS) is 21.8. The van der Waals surface area contributed by atoms with Crippen molar-refractivity contribution in [1.82, 2.24) is 9.80 Å². The Kier molecular flexibility index (Phi) is 6.07. The van der Waals surface area contributed by atoms with Crippen LogP contribution in [-0.2, 0) is 16.0 Å². The predicted molar refractivity (Wildman–Crippen MR) is 124 cm³/mol. The summed E-state index contributed by atoms with van der Waals surface area (Å²) in [6.45, 7) is 5.22. The van der Waals surface area contributed by atoms with E-state index in [9.17, 15) is 14.7 Å². The number of carbonyl (C=O) groups excluding carboxylic acids is 2. The van der Waals surface area contributed by atoms with E-state index in [4.69, 9.17) is 4.74 Å². The van der Waals surface area contributed by atoms with E-state index < -0.39 is 17.7 Å². The largest absolute Gasteiger partial charge is 0.507 e. The van der Waals surface area contributed by atoms with Crippen LogP contribution >= 0.6 is 0 Å². The molecule has 1 saturated heterocycles. The Bertz CT molecular complexity index is 1070. The highest BCUT2D eigenvalue weighted by atomic mass is 16.5. The SMILES string of the molecule is Cc1ccc(C2/C(=C(\O)c3ccc4c(c3)CC(C)O4)C(=O)C(=O)N2CCCN(C)C)cc1. The Hall–Kier alpha value is -3.12. The minimum absolute atomic E-state index is 0.0808. The van der Waals surface area contributed by atoms with Gasteiger partial charge in [0.25, 0.3) is 11.7 Å². The first kappa shape index (κ1) is 22.1. The van der Waals surface area contributed by atoms with Crippen molar-refractivity contribution in [3.05, 3.63) is 70.3 Å². The van der Waals surface area contributed by atoms with E-state index in [0.29, 0.717) is 12.1 Å². The van der Waals surface area contributed by atoms with Crippen LogP contribution in [0.5, 0.6) is 5.75 Å². The molecule has 0 bridgehead atoms. The maximum atomic E-state index is 13.1. The van der Waals surface area contributed by atoms with E-state index in [1.54, 1.807) is 11.0 Å². The summed E-state index contributed by atoms with van der Waals surface area (Å²) in [6, 6.07) is 12.6. The fraction of sp³-hybridized carbons (Fsp3) is 0.385. The molecule has 2 aliphatic rings. The second-order valence-corrected chi connectivity index (χ2v) is 9.02. The molecule has 0 aromatic heterocycles. The number of fused-ring (bicyclic) bond motifs is 1. The Morgan fingerprint density at radius 3 is 2.56 bits per heavy atom. The number of hydrogen-bond donors (Lipinski definition) is 1. The Balaban J connectivity index is 1.77. The van der Waals surface area contributed by atoms with Crippen LogP contribution in [0.4, 0.5) is 0 Å². The van der Waals surface area contributed by atoms with Crippen LogP contribution in [0.3, 0.4) is 0 Å². The van der Waals surface area contributed by atoms with E-state index in [0.717, 1.165) is 41.8 Å². The molecular formula is C26H30N2O4. The average Bonchev–Trinajstić information content (AvgIpc) is 3.24. The van der Waals surface area contributed by atoms with Crippen LogP contribution in [0.15, 0.2) is 48.0 Å². The molecule has 2 aliphatic heterocycles. The molecule has 0 aliphatic carbocycles. The molecule has 6 nitrogen and oxygen atoms in total. The van der Waals surface area contributed by atoms with Crippen LogP contribution in [-0.4, -0.2) is 59.9 Å². The summed E-state index contributed by atoms with van der Waals surface area (Å²) in [5.41, 5.74) is 3.58. The summed E-state index contributed by atoms with van der Waals surface area (Å²) in [4.78, 5) is 29.8. The Morgan fingerprint density at radius 1 is 1.16 bits per heavy atom. The third-order valence-electron chi connectivity index (χ3n) is 6.11. The molecule has 2 aromatic rings. The summed E-state index contributed by atoms with van der Waals surface area (Å²) >= 11 is 0. The van der Waals surface area contributed by atoms with Gasteiger partial charge in [0.2, 0.25) is 0 Å². The minimum atomic E-state index is -0.636. The molecule has 1 amide bonds. The fourth-order valence-corrected chi connectivity index (χ4v) is 4.49. The summed E-state index contributed by atoms with van der Waals surface area (Å²) in [7, 11) is 3.95. The molecular weight excluding hydrogens is 404 g/mol. The van der Waals surface area contributed by atoms with Crippen LogP contribution in [0.1, 0.15) is 41.6 Å². The number of nitrogens with zero attached hydrogens (tertiary/aromatic N) is 2. The fourth-order valence-electron chi connectivity index (χ4n) is 4.49. The van der Waals surface area contributed by atoms with Gasteiger partial charge in [0, 0.05) is 18.5 Å². The summed E-state index contributed by atoms with van der Waals surface area (Å²) < 4.78 is 5.76. The van der Waals surface area contributed by atoms with Crippen molar-refractivity contribution in [2.75, 3.05) is 27.2 Å². The van der Waals surface area contributed by atoms with Gasteiger partial charge in [-0.2, -0.15) is 0 Å². The van der Waals surface area contributed by atoms with Crippen molar-refractivity contribution >= 4 is 17.4 Å². The molecule has 2 unspecified atom stereocenters. The lowest BCUT2D eigenvalue weighted by atomic mass is 9.94. The van der Waals surface area contributed by atoms with Crippen molar-refractivity contribution in [2.45, 2.75) is 38.8 Å². The quantitative estimate of drug-likeness (QED) is 0.427. The molecule has 2 heterocycles. The third kappa shape index (κ3) is 4.15. The number of benzene rings is 2. The van der Waals surface area contributed by atoms with Crippen molar-refractivity contribution in [3.8, 4) is 5.75 Å². The van der Waals surface area contributed by atoms with Gasteiger partial charge in [-0.15, -0.1) is 0 Å². The lowest BCUT2D eigenvalue weighted by molar-refractivity contribution is -0.139. The van der Waals surface area contributed by atoms with Crippen LogP contribution < -0.4 is 4.74 Å². The number of aryl methyl sites for hydroxylation is 1. The number of ether oxygens (including phenoxy) is 1. The molecule has 168 valence electrons. The van der Waals surface area contributed by atoms with E-state index in [1.165, 1.54) is 0 Å². The number of rotatable bonds is 6. The standard InChI is InChI=1S/C26H30N2O4/c1-16-6-8-18(9-7-16)23-22(25(30)26(31)28(23)13-5-12-27(3)4)24(29)19-10-11-21-20(15-19)14-17(2)32-21/h6-11,15,17,23,29H,5,12-14H2,1-4H3/b24-22+. The van der Waals surface area contributed by atoms with E-state index in [-0.39, 0.29) is 17.4 Å². The van der Waals surface area contributed by atoms with Gasteiger partial charge in [-0.25, -0.2) is 0 Å². The van der Waals surface area contributed by atoms with Crippen LogP contribution in [0.2, 0.25) is 0 Å². The van der Waals surface area contributed by atoms with Crippen LogP contribution in [0, 0.1) is 6.92 Å². The van der Waals surface area contributed by atoms with E-state index in [1.807, 2.05) is 69.2 Å². The van der Waals surface area contributed by atoms with E-state index in [2.05, 4.69) is 0 Å². The van der Waals surface area contributed by atoms with Crippen molar-refractivity contribution in [2.24, 2.45) is 0 Å². The number of amides is 1. The number of likely N-dealkylation sites (tertiary alicyclic amines) is 1. The van der Waals surface area contributed by atoms with Gasteiger partial charge in [-0.05, 0) is 70.2 Å². The first-order chi connectivity index (χ1) is 15.3. The zero-order valence-electron chi connectivity index (χ0n) is 19.1. The highest BCUT2D eigenvalue weighted by molar-refractivity contribution is 6.46. The zero-order valence-corrected chi connectivity index (χ0v) is 19.1. The van der Waals surface area contributed by atoms with Crippen molar-refractivity contribution in [1.29, 1.82) is 0 Å². The minimum Gasteiger partial charge on any atom is -0.507 e. The number of ketones is 1. The molecule has 1 fully saturated rings. The number of Topliss-reactive ketones (excluding diaryl/α,β-unsaturated/α-hetero) is 1. The third-order valence-corrected chi connectivity index (χ3v) is 6.11. The summed E-state index contributed by atoms with van der Waals surface area (Å²) in [6.07, 6.45) is 1.56. The molecule has 1 N–H and O–H groups in total. The van der Waals surface area contributed by atoms with Crippen molar-refractivity contribution < 1.29 is 19.4 Å². The number of aliphatic hydroxyl groups excluding tert-OH is 1. The average molecular weight is 435 g/mol. The molecule has 2 aromatic carbocycles. The molecule has 4 rings (SSSR count). The number of hydrogen-bond acceptors (Lipinski definition) is 5. The smallest absolute Gasteiger partial charge is 0.295 e. The topological polar surface area (TPSA) is 70.1 Å². The molecule has 2 atom stereocenters. The molecule has 0 saturated carbocycles. The van der Waals surface area contributed by atoms with E-state index >= 15 is 0 Å². The molecule has 0 spiro atoms. The van der Waals surface area contributed by atoms with Gasteiger partial charge in [-0.3, -0.25) is 9.59 Å². The second kappa shape index (κ2) is 8.79. The molecule has 0 radical (unpaired) electrons. The maximum Gasteiger partial charge on any atom is 0.295 e. The van der Waals surface area contributed by atoms with Gasteiger partial charge in [-0.1, -0.05) is 29.8 Å². The first-order valence-electron chi connectivity index (χ1n) is 11.1. The maximum absolute atomic E-state index is 13.1. The van der Waals surface area contributed by atoms with Gasteiger partial charge >= 0.3 is 0 Å². The molecule has 6 heteroatoms. The monoisotopic (exact) mass is 434 g/mol. The van der Waals surface area contributed by atoms with Gasteiger partial charge in [0.15, 0.2) is 0 Å². The predicted octanol–water partition coefficient (Wildman–Crippen LogP) is 3.69. The highest BCUT2D eigenvalue weighted by Gasteiger charge is 2.45. The zero-order chi connectivity index (χ0) is 23.0. The molecule has 32 heavy (non-hydrogen) atoms. The van der Waals surface area contributed by atoms with Crippen molar-refractivity contribution in [3.63, 3.8) is 0 Å². The number of carbonyl (C=O) groups is 2. The van der Waals surface area contributed by atoms with Gasteiger partial charge in [0.05, 0.1) is 11.6 Å². The van der Waals surface area contributed by atoms with Gasteiger partial charge in [0.1, 0.15) is 17.6 Å². The summed E-state index contributed by atoms with van der Waals surface area (Å²) in [5.74, 6) is -0.531. The van der Waals surface area contributed by atoms with Crippen LogP contribution in [0.25, 0.3) is 5.76 Å². The Labute approximate surface area is 189 Å². The lowest BCUT2D eigenvalue weighted by Gasteiger charge is -2.26. The Morgan fingerprint density at radius 2 is 1.88 bits per heavy atom. The second-order valence-electron chi connectivity index (χ2n) is 9.02. The van der Waals surface area contributed by atoms with Gasteiger partial charge < -0.3 is 19.6 Å². The number of aliphatic hydroxyl groups is 1. The first-order valence-corrected chi connectivity index (χ1v) is 11.1. The summed E-state index contributed by atoms with van der Waals surface area (Å²) in [5, 5.41) is 11.3. The highest BCUT2D eigenvalue weighted by Crippen LogP contribution is 2.40. The lowest BCUT2D eigenvalue weighted by Crippen LogP contribution is -2.32.